The summed E-state index contributed by atoms with van der Waals surface area (Å²) in [5.74, 6) is -0.550. The van der Waals surface area contributed by atoms with Crippen LogP contribution in [0.25, 0.3) is 11.4 Å². The molecule has 0 radical (unpaired) electrons. The molecule has 0 bridgehead atoms. The van der Waals surface area contributed by atoms with Crippen LogP contribution < -0.4 is 5.73 Å². The molecule has 3 aromatic rings. The van der Waals surface area contributed by atoms with Gasteiger partial charge in [-0.05, 0) is 42.7 Å². The van der Waals surface area contributed by atoms with Crippen molar-refractivity contribution in [1.82, 2.24) is 9.36 Å². The third-order valence-electron chi connectivity index (χ3n) is 4.17. The average Bonchev–Trinajstić information content (AvgIpc) is 3.27. The molecule has 12 heteroatoms. The van der Waals surface area contributed by atoms with E-state index in [1.807, 2.05) is 0 Å². The van der Waals surface area contributed by atoms with E-state index in [4.69, 9.17) is 33.7 Å². The second-order valence-electron chi connectivity index (χ2n) is 6.58. The van der Waals surface area contributed by atoms with Crippen molar-refractivity contribution in [3.8, 4) is 11.4 Å². The fourth-order valence-corrected chi connectivity index (χ4v) is 4.37. The lowest BCUT2D eigenvalue weighted by atomic mass is 10.2. The number of ether oxygens (including phenoxy) is 1. The van der Waals surface area contributed by atoms with Gasteiger partial charge < -0.3 is 10.5 Å². The second-order valence-corrected chi connectivity index (χ2v) is 10.1. The number of aromatic nitrogens is 2. The van der Waals surface area contributed by atoms with Gasteiger partial charge in [0.1, 0.15) is 11.4 Å². The number of nitrogens with two attached hydrogens (primary N) is 1. The highest BCUT2D eigenvalue weighted by molar-refractivity contribution is 7.90. The number of carbonyl (C=O) groups excluding carboxylic acids is 1. The molecule has 2 N–H and O–H groups in total. The number of para-hydroxylation sites is 1. The van der Waals surface area contributed by atoms with E-state index in [1.165, 1.54) is 12.1 Å². The van der Waals surface area contributed by atoms with Crippen molar-refractivity contribution < 1.29 is 17.9 Å². The Labute approximate surface area is 204 Å². The van der Waals surface area contributed by atoms with Crippen LogP contribution in [0.4, 0.5) is 5.69 Å². The van der Waals surface area contributed by atoms with Gasteiger partial charge in [-0.25, -0.2) is 23.2 Å². The highest BCUT2D eigenvalue weighted by Crippen LogP contribution is 2.29. The molecule has 172 valence electrons. The Bertz CT molecular complexity index is 1370. The molecular weight excluding hydrogens is 507 g/mol. The van der Waals surface area contributed by atoms with E-state index in [0.717, 1.165) is 17.8 Å². The molecule has 0 aliphatic carbocycles. The molecule has 1 heterocycles. The van der Waals surface area contributed by atoms with Gasteiger partial charge in [-0.15, -0.1) is 0 Å². The van der Waals surface area contributed by atoms with Crippen molar-refractivity contribution in [2.45, 2.75) is 11.8 Å². The quantitative estimate of drug-likeness (QED) is 0.276. The minimum Gasteiger partial charge on any atom is -0.461 e. The van der Waals surface area contributed by atoms with E-state index in [9.17, 15) is 13.2 Å². The van der Waals surface area contributed by atoms with Crippen molar-refractivity contribution in [2.75, 3.05) is 12.9 Å². The van der Waals surface area contributed by atoms with Crippen LogP contribution in [-0.2, 0) is 19.4 Å². The fraction of sp³-hybridized carbons (Fsp3) is 0.143. The van der Waals surface area contributed by atoms with Gasteiger partial charge in [0.2, 0.25) is 0 Å². The number of nitrogens with zero attached hydrogens (tertiary/aromatic N) is 3. The highest BCUT2D eigenvalue weighted by atomic mass is 35.5. The maximum Gasteiger partial charge on any atom is 0.355 e. The normalized spacial score (nSPS) is 12.9. The summed E-state index contributed by atoms with van der Waals surface area (Å²) in [6.07, 6.45) is 1.11. The number of hydrogen-bond donors (Lipinski definition) is 1. The maximum absolute atomic E-state index is 12.1. The van der Waals surface area contributed by atoms with E-state index in [1.54, 1.807) is 43.3 Å². The standard InChI is InChI=1S/C21H18Cl2N4O4S2/c1-3-31-21(28)17(24)16(23)18(25-15-10-5-4-9-14(15)22)20-26-19(27-32-20)12-7-6-8-13(11-12)33(2,29)30/h4-11H,3,24H2,1-2H3/b17-16+,25-18?. The van der Waals surface area contributed by atoms with E-state index >= 15 is 0 Å². The highest BCUT2D eigenvalue weighted by Gasteiger charge is 2.22. The molecule has 2 aromatic carbocycles. The van der Waals surface area contributed by atoms with Gasteiger partial charge in [0, 0.05) is 11.8 Å². The van der Waals surface area contributed by atoms with Crippen LogP contribution in [0.3, 0.4) is 0 Å². The summed E-state index contributed by atoms with van der Waals surface area (Å²) < 4.78 is 33.0. The number of benzene rings is 2. The summed E-state index contributed by atoms with van der Waals surface area (Å²) in [6, 6.07) is 13.0. The summed E-state index contributed by atoms with van der Waals surface area (Å²) in [5.41, 5.74) is 6.49. The lowest BCUT2D eigenvalue weighted by Gasteiger charge is -2.07. The molecule has 0 amide bonds. The van der Waals surface area contributed by atoms with Crippen molar-refractivity contribution in [3.05, 3.63) is 69.3 Å². The molecule has 0 atom stereocenters. The molecule has 0 saturated carbocycles. The lowest BCUT2D eigenvalue weighted by Crippen LogP contribution is -2.19. The van der Waals surface area contributed by atoms with Gasteiger partial charge in [0.15, 0.2) is 20.7 Å². The summed E-state index contributed by atoms with van der Waals surface area (Å²) in [6.45, 7) is 1.75. The van der Waals surface area contributed by atoms with Crippen molar-refractivity contribution >= 4 is 61.9 Å². The van der Waals surface area contributed by atoms with E-state index in [2.05, 4.69) is 14.3 Å². The summed E-state index contributed by atoms with van der Waals surface area (Å²) in [5, 5.41) is 0.410. The first-order valence-corrected chi connectivity index (χ1v) is 12.8. The van der Waals surface area contributed by atoms with Crippen LogP contribution in [0.1, 0.15) is 11.9 Å². The van der Waals surface area contributed by atoms with Crippen molar-refractivity contribution in [3.63, 3.8) is 0 Å². The Kier molecular flexibility index (Phi) is 7.85. The van der Waals surface area contributed by atoms with Crippen LogP contribution in [0.15, 0.2) is 69.1 Å². The number of aliphatic imine (C=N–C) groups is 1. The van der Waals surface area contributed by atoms with Gasteiger partial charge in [0.25, 0.3) is 0 Å². The van der Waals surface area contributed by atoms with Crippen LogP contribution in [0, 0.1) is 0 Å². The average molecular weight is 525 g/mol. The van der Waals surface area contributed by atoms with E-state index in [0.29, 0.717) is 16.3 Å². The molecule has 0 aliphatic heterocycles. The molecule has 8 nitrogen and oxygen atoms in total. The molecule has 0 saturated heterocycles. The zero-order valence-electron chi connectivity index (χ0n) is 17.5. The monoisotopic (exact) mass is 524 g/mol. The SMILES string of the molecule is CCOC(=O)/C(N)=C(\Cl)C(=Nc1ccccc1Cl)c1nc(-c2cccc(S(C)(=O)=O)c2)ns1. The number of carbonyl (C=O) groups is 1. The number of allylic oxidation sites excluding steroid dienone is 1. The van der Waals surface area contributed by atoms with Crippen LogP contribution >= 0.6 is 34.7 Å². The summed E-state index contributed by atoms with van der Waals surface area (Å²) in [7, 11) is -3.42. The molecule has 0 spiro atoms. The second kappa shape index (κ2) is 10.4. The minimum absolute atomic E-state index is 0.0679. The van der Waals surface area contributed by atoms with Crippen LogP contribution in [-0.4, -0.2) is 42.3 Å². The molecule has 0 unspecified atom stereocenters. The molecule has 3 rings (SSSR count). The molecule has 33 heavy (non-hydrogen) atoms. The molecule has 0 fully saturated rings. The smallest absolute Gasteiger partial charge is 0.355 e. The number of hydrogen-bond acceptors (Lipinski definition) is 9. The van der Waals surface area contributed by atoms with Crippen molar-refractivity contribution in [2.24, 2.45) is 10.7 Å². The number of sulfone groups is 1. The Balaban J connectivity index is 2.14. The van der Waals surface area contributed by atoms with Crippen LogP contribution in [0.5, 0.6) is 0 Å². The third-order valence-corrected chi connectivity index (χ3v) is 6.71. The van der Waals surface area contributed by atoms with Gasteiger partial charge in [-0.1, -0.05) is 47.5 Å². The first-order chi connectivity index (χ1) is 15.6. The number of rotatable bonds is 7. The van der Waals surface area contributed by atoms with Crippen LogP contribution in [0.2, 0.25) is 5.02 Å². The Morgan fingerprint density at radius 3 is 2.61 bits per heavy atom. The topological polar surface area (TPSA) is 125 Å². The largest absolute Gasteiger partial charge is 0.461 e. The van der Waals surface area contributed by atoms with Gasteiger partial charge in [0.05, 0.1) is 27.2 Å². The zero-order valence-corrected chi connectivity index (χ0v) is 20.6. The molecular formula is C21H18Cl2N4O4S2. The summed E-state index contributed by atoms with van der Waals surface area (Å²) >= 11 is 13.6. The zero-order chi connectivity index (χ0) is 24.2. The van der Waals surface area contributed by atoms with Gasteiger partial charge >= 0.3 is 5.97 Å². The molecule has 1 aromatic heterocycles. The van der Waals surface area contributed by atoms with E-state index in [-0.39, 0.29) is 38.8 Å². The lowest BCUT2D eigenvalue weighted by molar-refractivity contribution is -0.138. The Morgan fingerprint density at radius 1 is 1.21 bits per heavy atom. The van der Waals surface area contributed by atoms with E-state index < -0.39 is 15.8 Å². The first kappa shape index (κ1) is 24.8. The van der Waals surface area contributed by atoms with Gasteiger partial charge in [-0.2, -0.15) is 4.37 Å². The third kappa shape index (κ3) is 5.97. The Morgan fingerprint density at radius 2 is 1.94 bits per heavy atom. The van der Waals surface area contributed by atoms with Crippen molar-refractivity contribution in [1.29, 1.82) is 0 Å². The molecule has 0 aliphatic rings. The predicted octanol–water partition coefficient (Wildman–Crippen LogP) is 4.36. The first-order valence-electron chi connectivity index (χ1n) is 9.42. The number of esters is 1. The number of halogens is 2. The minimum atomic E-state index is -3.42. The fourth-order valence-electron chi connectivity index (χ4n) is 2.58. The Hall–Kier alpha value is -2.79. The predicted molar refractivity (Wildman–Crippen MR) is 130 cm³/mol. The maximum atomic E-state index is 12.1. The summed E-state index contributed by atoms with van der Waals surface area (Å²) in [4.78, 5) is 21.2. The van der Waals surface area contributed by atoms with Gasteiger partial charge in [-0.3, -0.25) is 0 Å².